The molecular weight excluding hydrogens is 240 g/mol. The highest BCUT2D eigenvalue weighted by atomic mass is 16.6. The van der Waals surface area contributed by atoms with Crippen molar-refractivity contribution in [2.45, 2.75) is 52.5 Å². The van der Waals surface area contributed by atoms with Crippen molar-refractivity contribution in [2.24, 2.45) is 5.41 Å². The number of nitro benzene ring substituents is 1. The molecule has 1 aliphatic rings. The normalized spacial score (nSPS) is 21.9. The first-order chi connectivity index (χ1) is 8.92. The van der Waals surface area contributed by atoms with Gasteiger partial charge in [-0.2, -0.15) is 0 Å². The van der Waals surface area contributed by atoms with E-state index in [0.29, 0.717) is 6.04 Å². The van der Waals surface area contributed by atoms with E-state index in [1.807, 2.05) is 13.0 Å². The van der Waals surface area contributed by atoms with Crippen molar-refractivity contribution in [2.75, 3.05) is 5.32 Å². The summed E-state index contributed by atoms with van der Waals surface area (Å²) in [4.78, 5) is 10.7. The molecule has 1 aromatic carbocycles. The highest BCUT2D eigenvalue weighted by molar-refractivity contribution is 5.60. The first kappa shape index (κ1) is 13.8. The van der Waals surface area contributed by atoms with Crippen molar-refractivity contribution in [1.29, 1.82) is 0 Å². The molecular formula is C15H22N2O2. The summed E-state index contributed by atoms with van der Waals surface area (Å²) in [5.41, 5.74) is 2.07. The molecule has 0 bridgehead atoms. The molecule has 0 aliphatic heterocycles. The number of rotatable bonds is 3. The van der Waals surface area contributed by atoms with Gasteiger partial charge < -0.3 is 5.32 Å². The van der Waals surface area contributed by atoms with E-state index in [4.69, 9.17) is 0 Å². The Kier molecular flexibility index (Phi) is 3.78. The van der Waals surface area contributed by atoms with Gasteiger partial charge in [0, 0.05) is 23.4 Å². The lowest BCUT2D eigenvalue weighted by atomic mass is 9.73. The molecule has 2 rings (SSSR count). The van der Waals surface area contributed by atoms with Crippen molar-refractivity contribution in [3.63, 3.8) is 0 Å². The Morgan fingerprint density at radius 2 is 2.11 bits per heavy atom. The molecule has 4 nitrogen and oxygen atoms in total. The fourth-order valence-corrected chi connectivity index (χ4v) is 2.93. The standard InChI is InChI=1S/C15H22N2O2/c1-11-12(7-6-8-13(11)17(18)19)16-14-9-4-5-10-15(14,2)3/h6-8,14,16H,4-5,9-10H2,1-3H3. The van der Waals surface area contributed by atoms with Crippen LogP contribution in [0.4, 0.5) is 11.4 Å². The van der Waals surface area contributed by atoms with Gasteiger partial charge in [-0.25, -0.2) is 0 Å². The van der Waals surface area contributed by atoms with Gasteiger partial charge in [0.2, 0.25) is 0 Å². The molecule has 1 saturated carbocycles. The van der Waals surface area contributed by atoms with Crippen molar-refractivity contribution in [3.05, 3.63) is 33.9 Å². The van der Waals surface area contributed by atoms with Crippen LogP contribution >= 0.6 is 0 Å². The predicted octanol–water partition coefficient (Wildman–Crippen LogP) is 4.28. The van der Waals surface area contributed by atoms with Gasteiger partial charge in [-0.1, -0.05) is 32.8 Å². The van der Waals surface area contributed by atoms with Crippen LogP contribution in [0.15, 0.2) is 18.2 Å². The van der Waals surface area contributed by atoms with Crippen molar-refractivity contribution < 1.29 is 4.92 Å². The van der Waals surface area contributed by atoms with Crippen molar-refractivity contribution in [3.8, 4) is 0 Å². The SMILES string of the molecule is Cc1c(NC2CCCCC2(C)C)cccc1[N+](=O)[O-]. The second-order valence-corrected chi connectivity index (χ2v) is 6.14. The molecule has 1 unspecified atom stereocenters. The predicted molar refractivity (Wildman–Crippen MR) is 77.5 cm³/mol. The number of nitro groups is 1. The number of hydrogen-bond donors (Lipinski definition) is 1. The Morgan fingerprint density at radius 3 is 2.74 bits per heavy atom. The smallest absolute Gasteiger partial charge is 0.274 e. The van der Waals surface area contributed by atoms with Crippen LogP contribution in [0.3, 0.4) is 0 Å². The number of hydrogen-bond acceptors (Lipinski definition) is 3. The van der Waals surface area contributed by atoms with Gasteiger partial charge in [0.15, 0.2) is 0 Å². The van der Waals surface area contributed by atoms with Crippen LogP contribution < -0.4 is 5.32 Å². The van der Waals surface area contributed by atoms with Gasteiger partial charge in [0.25, 0.3) is 5.69 Å². The minimum Gasteiger partial charge on any atom is -0.381 e. The topological polar surface area (TPSA) is 55.2 Å². The van der Waals surface area contributed by atoms with Crippen molar-refractivity contribution in [1.82, 2.24) is 0 Å². The molecule has 1 N–H and O–H groups in total. The van der Waals surface area contributed by atoms with E-state index in [1.165, 1.54) is 19.3 Å². The monoisotopic (exact) mass is 262 g/mol. The van der Waals surface area contributed by atoms with E-state index < -0.39 is 0 Å². The Labute approximate surface area is 114 Å². The summed E-state index contributed by atoms with van der Waals surface area (Å²) in [6, 6.07) is 5.64. The third-order valence-corrected chi connectivity index (χ3v) is 4.34. The molecule has 0 aromatic heterocycles. The van der Waals surface area contributed by atoms with E-state index in [2.05, 4.69) is 19.2 Å². The van der Waals surface area contributed by atoms with E-state index in [-0.39, 0.29) is 16.0 Å². The first-order valence-electron chi connectivity index (χ1n) is 6.92. The Bertz CT molecular complexity index is 483. The van der Waals surface area contributed by atoms with Crippen LogP contribution in [0, 0.1) is 22.5 Å². The Morgan fingerprint density at radius 1 is 1.37 bits per heavy atom. The van der Waals surface area contributed by atoms with Crippen LogP contribution in [-0.4, -0.2) is 11.0 Å². The third-order valence-electron chi connectivity index (χ3n) is 4.34. The maximum atomic E-state index is 11.0. The summed E-state index contributed by atoms with van der Waals surface area (Å²) < 4.78 is 0. The van der Waals surface area contributed by atoms with E-state index in [1.54, 1.807) is 12.1 Å². The molecule has 0 amide bonds. The van der Waals surface area contributed by atoms with Crippen molar-refractivity contribution >= 4 is 11.4 Å². The summed E-state index contributed by atoms with van der Waals surface area (Å²) in [5.74, 6) is 0. The molecule has 4 heteroatoms. The zero-order valence-electron chi connectivity index (χ0n) is 11.9. The quantitative estimate of drug-likeness (QED) is 0.653. The van der Waals surface area contributed by atoms with Gasteiger partial charge in [-0.15, -0.1) is 0 Å². The number of nitrogens with zero attached hydrogens (tertiary/aromatic N) is 1. The third kappa shape index (κ3) is 2.88. The lowest BCUT2D eigenvalue weighted by Crippen LogP contribution is -2.39. The second kappa shape index (κ2) is 5.19. The minimum atomic E-state index is -0.313. The average Bonchev–Trinajstić information content (AvgIpc) is 2.33. The van der Waals surface area contributed by atoms with Gasteiger partial charge in [-0.05, 0) is 31.2 Å². The molecule has 0 spiro atoms. The lowest BCUT2D eigenvalue weighted by Gasteiger charge is -2.39. The fourth-order valence-electron chi connectivity index (χ4n) is 2.93. The molecule has 0 saturated heterocycles. The minimum absolute atomic E-state index is 0.193. The summed E-state index contributed by atoms with van der Waals surface area (Å²) in [6.07, 6.45) is 4.85. The summed E-state index contributed by atoms with van der Waals surface area (Å²) >= 11 is 0. The van der Waals surface area contributed by atoms with Gasteiger partial charge in [0.05, 0.1) is 4.92 Å². The highest BCUT2D eigenvalue weighted by Crippen LogP contribution is 2.38. The summed E-state index contributed by atoms with van der Waals surface area (Å²) in [5, 5.41) is 14.5. The largest absolute Gasteiger partial charge is 0.381 e. The van der Waals surface area contributed by atoms with Crippen LogP contribution in [0.25, 0.3) is 0 Å². The molecule has 1 aromatic rings. The number of anilines is 1. The zero-order valence-corrected chi connectivity index (χ0v) is 11.9. The molecule has 1 fully saturated rings. The van der Waals surface area contributed by atoms with Gasteiger partial charge in [0.1, 0.15) is 0 Å². The van der Waals surface area contributed by atoms with Crippen LogP contribution in [0.2, 0.25) is 0 Å². The highest BCUT2D eigenvalue weighted by Gasteiger charge is 2.32. The maximum Gasteiger partial charge on any atom is 0.274 e. The van der Waals surface area contributed by atoms with Gasteiger partial charge >= 0.3 is 0 Å². The summed E-state index contributed by atoms with van der Waals surface area (Å²) in [7, 11) is 0. The van der Waals surface area contributed by atoms with Crippen LogP contribution in [-0.2, 0) is 0 Å². The van der Waals surface area contributed by atoms with E-state index in [9.17, 15) is 10.1 Å². The molecule has 104 valence electrons. The lowest BCUT2D eigenvalue weighted by molar-refractivity contribution is -0.385. The molecule has 0 radical (unpaired) electrons. The maximum absolute atomic E-state index is 11.0. The molecule has 1 atom stereocenters. The summed E-state index contributed by atoms with van der Waals surface area (Å²) in [6.45, 7) is 6.36. The molecule has 19 heavy (non-hydrogen) atoms. The first-order valence-corrected chi connectivity index (χ1v) is 6.92. The van der Waals surface area contributed by atoms with Crippen LogP contribution in [0.1, 0.15) is 45.1 Å². The average molecular weight is 262 g/mol. The van der Waals surface area contributed by atoms with Gasteiger partial charge in [-0.3, -0.25) is 10.1 Å². The van der Waals surface area contributed by atoms with E-state index in [0.717, 1.165) is 17.7 Å². The molecule has 1 aliphatic carbocycles. The second-order valence-electron chi connectivity index (χ2n) is 6.14. The Balaban J connectivity index is 2.23. The fraction of sp³-hybridized carbons (Fsp3) is 0.600. The number of nitrogens with one attached hydrogen (secondary N) is 1. The van der Waals surface area contributed by atoms with E-state index >= 15 is 0 Å². The number of benzene rings is 1. The van der Waals surface area contributed by atoms with Crippen LogP contribution in [0.5, 0.6) is 0 Å². The Hall–Kier alpha value is -1.58. The zero-order chi connectivity index (χ0) is 14.0. The molecule has 0 heterocycles.